The highest BCUT2D eigenvalue weighted by Crippen LogP contribution is 2.48. The van der Waals surface area contributed by atoms with Crippen molar-refractivity contribution < 1.29 is 14.3 Å². The third-order valence-corrected chi connectivity index (χ3v) is 3.34. The summed E-state index contributed by atoms with van der Waals surface area (Å²) in [6, 6.07) is 4.92. The van der Waals surface area contributed by atoms with Gasteiger partial charge in [0.15, 0.2) is 0 Å². The van der Waals surface area contributed by atoms with E-state index in [0.29, 0.717) is 23.5 Å². The minimum absolute atomic E-state index is 0.0916. The average molecular weight is 232 g/mol. The van der Waals surface area contributed by atoms with Gasteiger partial charge in [-0.3, -0.25) is 9.59 Å². The maximum atomic E-state index is 11.9. The number of hydrogen-bond donors (Lipinski definition) is 1. The number of anilines is 2. The summed E-state index contributed by atoms with van der Waals surface area (Å²) in [7, 11) is 1.50. The number of rotatable bonds is 2. The Hall–Kier alpha value is -2.04. The predicted octanol–water partition coefficient (Wildman–Crippen LogP) is 0.787. The van der Waals surface area contributed by atoms with Crippen molar-refractivity contribution in [2.45, 2.75) is 6.42 Å². The molecule has 2 atom stereocenters. The number of imide groups is 1. The van der Waals surface area contributed by atoms with E-state index >= 15 is 0 Å². The summed E-state index contributed by atoms with van der Waals surface area (Å²) in [6.07, 6.45) is 0.709. The van der Waals surface area contributed by atoms with E-state index in [4.69, 9.17) is 10.5 Å². The number of fused-ring (bicyclic) bond motifs is 1. The molecule has 17 heavy (non-hydrogen) atoms. The molecule has 1 saturated carbocycles. The fourth-order valence-corrected chi connectivity index (χ4v) is 2.27. The molecule has 88 valence electrons. The highest BCUT2D eigenvalue weighted by molar-refractivity contribution is 6.24. The van der Waals surface area contributed by atoms with Gasteiger partial charge in [-0.05, 0) is 18.6 Å². The second-order valence-corrected chi connectivity index (χ2v) is 4.39. The zero-order chi connectivity index (χ0) is 12.2. The van der Waals surface area contributed by atoms with Crippen LogP contribution in [0.1, 0.15) is 6.42 Å². The van der Waals surface area contributed by atoms with Gasteiger partial charge in [-0.2, -0.15) is 0 Å². The molecule has 3 rings (SSSR count). The van der Waals surface area contributed by atoms with E-state index in [-0.39, 0.29) is 23.7 Å². The number of piperidine rings is 1. The summed E-state index contributed by atoms with van der Waals surface area (Å²) < 4.78 is 5.08. The first-order valence-corrected chi connectivity index (χ1v) is 5.45. The molecule has 0 spiro atoms. The maximum Gasteiger partial charge on any atom is 0.237 e. The molecule has 1 saturated heterocycles. The molecule has 2 unspecified atom stereocenters. The van der Waals surface area contributed by atoms with Crippen LogP contribution in [0.5, 0.6) is 5.75 Å². The molecular weight excluding hydrogens is 220 g/mol. The van der Waals surface area contributed by atoms with Crippen LogP contribution in [0.25, 0.3) is 0 Å². The van der Waals surface area contributed by atoms with E-state index in [0.717, 1.165) is 0 Å². The quantitative estimate of drug-likeness (QED) is 0.604. The number of nitrogens with zero attached hydrogens (tertiary/aromatic N) is 1. The Labute approximate surface area is 98.1 Å². The second-order valence-electron chi connectivity index (χ2n) is 4.39. The Morgan fingerprint density at radius 1 is 1.29 bits per heavy atom. The number of benzene rings is 1. The lowest BCUT2D eigenvalue weighted by atomic mass is 10.2. The summed E-state index contributed by atoms with van der Waals surface area (Å²) >= 11 is 0. The Bertz CT molecular complexity index is 506. The van der Waals surface area contributed by atoms with Crippen molar-refractivity contribution in [2.75, 3.05) is 17.7 Å². The Balaban J connectivity index is 1.99. The van der Waals surface area contributed by atoms with E-state index in [1.54, 1.807) is 18.2 Å². The van der Waals surface area contributed by atoms with E-state index in [2.05, 4.69) is 0 Å². The minimum Gasteiger partial charge on any atom is -0.495 e. The summed E-state index contributed by atoms with van der Waals surface area (Å²) in [6.45, 7) is 0. The van der Waals surface area contributed by atoms with E-state index < -0.39 is 0 Å². The zero-order valence-corrected chi connectivity index (χ0v) is 9.34. The number of carbonyl (C=O) groups is 2. The zero-order valence-electron chi connectivity index (χ0n) is 9.34. The van der Waals surface area contributed by atoms with Crippen molar-refractivity contribution in [2.24, 2.45) is 11.8 Å². The van der Waals surface area contributed by atoms with Crippen molar-refractivity contribution >= 4 is 23.2 Å². The molecule has 5 nitrogen and oxygen atoms in total. The summed E-state index contributed by atoms with van der Waals surface area (Å²) in [5.41, 5.74) is 6.72. The Kier molecular flexibility index (Phi) is 1.92. The largest absolute Gasteiger partial charge is 0.495 e. The molecule has 2 aliphatic rings. The molecule has 1 aromatic rings. The van der Waals surface area contributed by atoms with Gasteiger partial charge in [0.2, 0.25) is 11.8 Å². The highest BCUT2D eigenvalue weighted by Gasteiger charge is 2.59. The van der Waals surface area contributed by atoms with Crippen LogP contribution >= 0.6 is 0 Å². The minimum atomic E-state index is -0.105. The van der Waals surface area contributed by atoms with Gasteiger partial charge in [0, 0.05) is 6.07 Å². The first-order chi connectivity index (χ1) is 8.13. The first kappa shape index (κ1) is 10.1. The first-order valence-electron chi connectivity index (χ1n) is 5.45. The molecule has 0 radical (unpaired) electrons. The normalized spacial score (nSPS) is 26.1. The van der Waals surface area contributed by atoms with E-state index in [9.17, 15) is 9.59 Å². The van der Waals surface area contributed by atoms with Crippen LogP contribution in [0.3, 0.4) is 0 Å². The number of ether oxygens (including phenoxy) is 1. The number of amides is 2. The number of nitrogens with two attached hydrogens (primary N) is 1. The van der Waals surface area contributed by atoms with Crippen molar-refractivity contribution in [3.8, 4) is 5.75 Å². The van der Waals surface area contributed by atoms with Crippen LogP contribution < -0.4 is 15.4 Å². The molecular formula is C12H12N2O3. The highest BCUT2D eigenvalue weighted by atomic mass is 16.5. The molecule has 1 heterocycles. The van der Waals surface area contributed by atoms with Gasteiger partial charge in [0.25, 0.3) is 0 Å². The Morgan fingerprint density at radius 2 is 1.94 bits per heavy atom. The van der Waals surface area contributed by atoms with Gasteiger partial charge in [0.1, 0.15) is 5.75 Å². The molecule has 2 fully saturated rings. The summed E-state index contributed by atoms with van der Waals surface area (Å²) in [4.78, 5) is 25.0. The monoisotopic (exact) mass is 232 g/mol. The number of carbonyl (C=O) groups excluding carboxylic acids is 2. The SMILES string of the molecule is COc1cc(N2C(=O)C3CC3C2=O)ccc1N. The lowest BCUT2D eigenvalue weighted by molar-refractivity contribution is -0.123. The van der Waals surface area contributed by atoms with Crippen LogP contribution in [-0.4, -0.2) is 18.9 Å². The maximum absolute atomic E-state index is 11.9. The van der Waals surface area contributed by atoms with Crippen LogP contribution in [0.2, 0.25) is 0 Å². The molecule has 1 aromatic carbocycles. The average Bonchev–Trinajstić information content (AvgIpc) is 3.06. The number of methoxy groups -OCH3 is 1. The number of nitrogen functional groups attached to an aromatic ring is 1. The molecule has 0 aromatic heterocycles. The van der Waals surface area contributed by atoms with Gasteiger partial charge < -0.3 is 10.5 Å². The van der Waals surface area contributed by atoms with Gasteiger partial charge in [-0.15, -0.1) is 0 Å². The lowest BCUT2D eigenvalue weighted by Gasteiger charge is -2.17. The third-order valence-electron chi connectivity index (χ3n) is 3.34. The van der Waals surface area contributed by atoms with Crippen LogP contribution in [0.15, 0.2) is 18.2 Å². The topological polar surface area (TPSA) is 72.6 Å². The summed E-state index contributed by atoms with van der Waals surface area (Å²) in [5.74, 6) is 0.0828. The van der Waals surface area contributed by atoms with Gasteiger partial charge in [-0.1, -0.05) is 0 Å². The second kappa shape index (κ2) is 3.23. The fourth-order valence-electron chi connectivity index (χ4n) is 2.27. The smallest absolute Gasteiger partial charge is 0.237 e. The van der Waals surface area contributed by atoms with E-state index in [1.807, 2.05) is 0 Å². The molecule has 1 aliphatic carbocycles. The van der Waals surface area contributed by atoms with Gasteiger partial charge in [-0.25, -0.2) is 4.90 Å². The molecule has 2 N–H and O–H groups in total. The fraction of sp³-hybridized carbons (Fsp3) is 0.333. The van der Waals surface area contributed by atoms with E-state index in [1.165, 1.54) is 12.0 Å². The predicted molar refractivity (Wildman–Crippen MR) is 61.5 cm³/mol. The van der Waals surface area contributed by atoms with Gasteiger partial charge >= 0.3 is 0 Å². The molecule has 2 amide bonds. The van der Waals surface area contributed by atoms with Gasteiger partial charge in [0.05, 0.1) is 30.3 Å². The summed E-state index contributed by atoms with van der Waals surface area (Å²) in [5, 5.41) is 0. The van der Waals surface area contributed by atoms with Crippen LogP contribution in [0, 0.1) is 11.8 Å². The Morgan fingerprint density at radius 3 is 2.53 bits per heavy atom. The van der Waals surface area contributed by atoms with Crippen molar-refractivity contribution in [1.29, 1.82) is 0 Å². The van der Waals surface area contributed by atoms with Crippen molar-refractivity contribution in [3.05, 3.63) is 18.2 Å². The molecule has 1 aliphatic heterocycles. The molecule has 0 bridgehead atoms. The molecule has 5 heteroatoms. The third kappa shape index (κ3) is 1.32. The lowest BCUT2D eigenvalue weighted by Crippen LogP contribution is -2.32. The van der Waals surface area contributed by atoms with Crippen molar-refractivity contribution in [3.63, 3.8) is 0 Å². The van der Waals surface area contributed by atoms with Crippen molar-refractivity contribution in [1.82, 2.24) is 0 Å². The number of hydrogen-bond acceptors (Lipinski definition) is 4. The standard InChI is InChI=1S/C12H12N2O3/c1-17-10-4-6(2-3-9(10)13)14-11(15)7-5-8(7)12(14)16/h2-4,7-8H,5,13H2,1H3. The van der Waals surface area contributed by atoms with Crippen LogP contribution in [0.4, 0.5) is 11.4 Å². The van der Waals surface area contributed by atoms with Crippen LogP contribution in [-0.2, 0) is 9.59 Å².